The molecule has 0 amide bonds. The van der Waals surface area contributed by atoms with Crippen molar-refractivity contribution in [1.29, 1.82) is 0 Å². The summed E-state index contributed by atoms with van der Waals surface area (Å²) in [6, 6.07) is 0. The Morgan fingerprint density at radius 2 is 2.23 bits per heavy atom. The Morgan fingerprint density at radius 1 is 1.46 bits per heavy atom. The highest BCUT2D eigenvalue weighted by Crippen LogP contribution is 2.15. The van der Waals surface area contributed by atoms with Crippen molar-refractivity contribution in [1.82, 2.24) is 4.90 Å². The second kappa shape index (κ2) is 4.39. The molecule has 2 heterocycles. The van der Waals surface area contributed by atoms with E-state index in [1.165, 1.54) is 0 Å². The third-order valence-corrected chi connectivity index (χ3v) is 2.73. The first-order valence-corrected chi connectivity index (χ1v) is 5.32. The van der Waals surface area contributed by atoms with Crippen LogP contribution in [-0.4, -0.2) is 48.5 Å². The van der Waals surface area contributed by atoms with Gasteiger partial charge in [0.2, 0.25) is 0 Å². The molecule has 0 aliphatic carbocycles. The van der Waals surface area contributed by atoms with Crippen molar-refractivity contribution in [2.75, 3.05) is 32.8 Å². The van der Waals surface area contributed by atoms with Gasteiger partial charge < -0.3 is 9.57 Å². The van der Waals surface area contributed by atoms with E-state index < -0.39 is 0 Å². The van der Waals surface area contributed by atoms with Crippen LogP contribution in [0.4, 0.5) is 0 Å². The van der Waals surface area contributed by atoms with E-state index in [0.717, 1.165) is 43.9 Å². The topological polar surface area (TPSA) is 34.1 Å². The number of halogens is 1. The van der Waals surface area contributed by atoms with Crippen molar-refractivity contribution < 1.29 is 9.57 Å². The van der Waals surface area contributed by atoms with E-state index in [-0.39, 0.29) is 6.10 Å². The van der Waals surface area contributed by atoms with Gasteiger partial charge in [-0.3, -0.25) is 4.90 Å². The summed E-state index contributed by atoms with van der Waals surface area (Å²) in [7, 11) is 0. The maximum atomic E-state index is 5.26. The fraction of sp³-hybridized carbons (Fsp3) is 0.875. The van der Waals surface area contributed by atoms with Crippen LogP contribution in [0.25, 0.3) is 0 Å². The molecule has 0 spiro atoms. The molecule has 4 nitrogen and oxygen atoms in total. The summed E-state index contributed by atoms with van der Waals surface area (Å²) in [4.78, 5) is 7.58. The molecule has 1 saturated heterocycles. The molecule has 2 aliphatic rings. The van der Waals surface area contributed by atoms with Crippen LogP contribution in [0.15, 0.2) is 5.16 Å². The minimum absolute atomic E-state index is 0.229. The summed E-state index contributed by atoms with van der Waals surface area (Å²) in [5.74, 6) is 0. The van der Waals surface area contributed by atoms with Crippen LogP contribution in [0.1, 0.15) is 6.42 Å². The van der Waals surface area contributed by atoms with Gasteiger partial charge >= 0.3 is 0 Å². The third-order valence-electron chi connectivity index (χ3n) is 2.26. The average molecular weight is 249 g/mol. The van der Waals surface area contributed by atoms with Gasteiger partial charge in [0.1, 0.15) is 10.7 Å². The molecule has 1 unspecified atom stereocenters. The van der Waals surface area contributed by atoms with E-state index in [1.54, 1.807) is 0 Å². The molecule has 0 aromatic rings. The molecule has 1 atom stereocenters. The van der Waals surface area contributed by atoms with Crippen molar-refractivity contribution >= 4 is 20.6 Å². The van der Waals surface area contributed by atoms with Gasteiger partial charge in [-0.1, -0.05) is 5.16 Å². The van der Waals surface area contributed by atoms with Crippen LogP contribution in [0.5, 0.6) is 0 Å². The van der Waals surface area contributed by atoms with Gasteiger partial charge in [0.05, 0.1) is 13.2 Å². The second-order valence-corrected chi connectivity index (χ2v) is 4.23. The predicted molar refractivity (Wildman–Crippen MR) is 53.1 cm³/mol. The first-order valence-electron chi connectivity index (χ1n) is 4.53. The third kappa shape index (κ3) is 2.65. The minimum Gasteiger partial charge on any atom is -0.390 e. The van der Waals surface area contributed by atoms with E-state index in [9.17, 15) is 0 Å². The number of rotatable bonds is 2. The molecule has 0 N–H and O–H groups in total. The lowest BCUT2D eigenvalue weighted by molar-refractivity contribution is -0.0000373. The fourth-order valence-corrected chi connectivity index (χ4v) is 2.01. The lowest BCUT2D eigenvalue weighted by Crippen LogP contribution is -2.40. The lowest BCUT2D eigenvalue weighted by atomic mass is 10.2. The molecule has 0 bridgehead atoms. The van der Waals surface area contributed by atoms with Gasteiger partial charge in [0.15, 0.2) is 0 Å². The highest BCUT2D eigenvalue weighted by atomic mass is 79.9. The molecule has 74 valence electrons. The normalized spacial score (nSPS) is 29.9. The summed E-state index contributed by atoms with van der Waals surface area (Å²) in [5.41, 5.74) is 0. The fourth-order valence-electron chi connectivity index (χ4n) is 1.56. The summed E-state index contributed by atoms with van der Waals surface area (Å²) in [6.45, 7) is 4.67. The van der Waals surface area contributed by atoms with Gasteiger partial charge in [-0.2, -0.15) is 0 Å². The molecular formula is C8H13BrN2O2. The Labute approximate surface area is 86.0 Å². The second-order valence-electron chi connectivity index (χ2n) is 3.31. The minimum atomic E-state index is 0.229. The Hall–Kier alpha value is -0.130. The summed E-state index contributed by atoms with van der Waals surface area (Å²) in [5, 5.41) is 3.86. The van der Waals surface area contributed by atoms with Gasteiger partial charge in [0, 0.05) is 26.1 Å². The monoisotopic (exact) mass is 248 g/mol. The molecule has 13 heavy (non-hydrogen) atoms. The molecule has 2 aliphatic heterocycles. The van der Waals surface area contributed by atoms with Crippen LogP contribution < -0.4 is 0 Å². The maximum absolute atomic E-state index is 5.26. The van der Waals surface area contributed by atoms with E-state index in [1.807, 2.05) is 0 Å². The molecule has 5 heteroatoms. The van der Waals surface area contributed by atoms with Crippen LogP contribution in [0, 0.1) is 0 Å². The SMILES string of the molecule is BrC1=NOC(CN2CCOCC2)C1. The Balaban J connectivity index is 1.72. The number of oxime groups is 1. The number of nitrogens with zero attached hydrogens (tertiary/aromatic N) is 2. The van der Waals surface area contributed by atoms with E-state index in [4.69, 9.17) is 9.57 Å². The number of morpholine rings is 1. The maximum Gasteiger partial charge on any atom is 0.146 e. The molecular weight excluding hydrogens is 236 g/mol. The van der Waals surface area contributed by atoms with Gasteiger partial charge in [-0.25, -0.2) is 0 Å². The zero-order valence-corrected chi connectivity index (χ0v) is 8.99. The Kier molecular flexibility index (Phi) is 3.18. The standard InChI is InChI=1S/C8H13BrN2O2/c9-8-5-7(13-10-8)6-11-1-3-12-4-2-11/h7H,1-6H2. The zero-order chi connectivity index (χ0) is 9.10. The summed E-state index contributed by atoms with van der Waals surface area (Å²) < 4.78 is 6.19. The van der Waals surface area contributed by atoms with Gasteiger partial charge in [0.25, 0.3) is 0 Å². The highest BCUT2D eigenvalue weighted by molar-refractivity contribution is 9.18. The molecule has 0 saturated carbocycles. The van der Waals surface area contributed by atoms with Crippen molar-refractivity contribution in [2.45, 2.75) is 12.5 Å². The molecule has 2 rings (SSSR count). The van der Waals surface area contributed by atoms with Gasteiger partial charge in [-0.05, 0) is 15.9 Å². The highest BCUT2D eigenvalue weighted by Gasteiger charge is 2.23. The zero-order valence-electron chi connectivity index (χ0n) is 7.41. The average Bonchev–Trinajstić information content (AvgIpc) is 2.53. The van der Waals surface area contributed by atoms with Crippen LogP contribution >= 0.6 is 15.9 Å². The first-order chi connectivity index (χ1) is 6.34. The smallest absolute Gasteiger partial charge is 0.146 e. The van der Waals surface area contributed by atoms with Gasteiger partial charge in [-0.15, -0.1) is 0 Å². The van der Waals surface area contributed by atoms with E-state index in [2.05, 4.69) is 26.0 Å². The predicted octanol–water partition coefficient (Wildman–Crippen LogP) is 0.816. The van der Waals surface area contributed by atoms with Crippen molar-refractivity contribution in [3.8, 4) is 0 Å². The number of hydrogen-bond donors (Lipinski definition) is 0. The quantitative estimate of drug-likeness (QED) is 0.726. The molecule has 1 fully saturated rings. The van der Waals surface area contributed by atoms with Crippen molar-refractivity contribution in [3.05, 3.63) is 0 Å². The summed E-state index contributed by atoms with van der Waals surface area (Å²) >= 11 is 3.33. The van der Waals surface area contributed by atoms with Crippen LogP contribution in [-0.2, 0) is 9.57 Å². The number of hydrogen-bond acceptors (Lipinski definition) is 4. The molecule has 0 aromatic carbocycles. The van der Waals surface area contributed by atoms with E-state index in [0.29, 0.717) is 0 Å². The molecule has 0 radical (unpaired) electrons. The molecule has 0 aromatic heterocycles. The Bertz CT molecular complexity index is 204. The lowest BCUT2D eigenvalue weighted by Gasteiger charge is -2.27. The van der Waals surface area contributed by atoms with Crippen molar-refractivity contribution in [3.63, 3.8) is 0 Å². The first kappa shape index (κ1) is 9.43. The van der Waals surface area contributed by atoms with E-state index >= 15 is 0 Å². The Morgan fingerprint density at radius 3 is 2.85 bits per heavy atom. The number of ether oxygens (including phenoxy) is 1. The van der Waals surface area contributed by atoms with Crippen molar-refractivity contribution in [2.24, 2.45) is 5.16 Å². The van der Waals surface area contributed by atoms with Crippen LogP contribution in [0.3, 0.4) is 0 Å². The summed E-state index contributed by atoms with van der Waals surface area (Å²) in [6.07, 6.45) is 1.13. The largest absolute Gasteiger partial charge is 0.390 e. The van der Waals surface area contributed by atoms with Crippen LogP contribution in [0.2, 0.25) is 0 Å².